The highest BCUT2D eigenvalue weighted by molar-refractivity contribution is 7.07. The molecule has 0 saturated heterocycles. The van der Waals surface area contributed by atoms with Gasteiger partial charge in [-0.15, -0.1) is 11.6 Å². The van der Waals surface area contributed by atoms with Crippen molar-refractivity contribution in [2.45, 2.75) is 32.4 Å². The van der Waals surface area contributed by atoms with Crippen molar-refractivity contribution in [3.8, 4) is 0 Å². The lowest BCUT2D eigenvalue weighted by Crippen LogP contribution is -2.28. The van der Waals surface area contributed by atoms with Gasteiger partial charge in [0.1, 0.15) is 0 Å². The molecule has 0 radical (unpaired) electrons. The monoisotopic (exact) mass is 217 g/mol. The predicted octanol–water partition coefficient (Wildman–Crippen LogP) is 3.25. The summed E-state index contributed by atoms with van der Waals surface area (Å²) in [4.78, 5) is 0. The van der Waals surface area contributed by atoms with Gasteiger partial charge >= 0.3 is 0 Å². The van der Waals surface area contributed by atoms with Crippen LogP contribution in [0.3, 0.4) is 0 Å². The molecule has 1 aromatic heterocycles. The van der Waals surface area contributed by atoms with Crippen LogP contribution in [-0.2, 0) is 6.54 Å². The normalized spacial score (nSPS) is 13.1. The van der Waals surface area contributed by atoms with Crippen LogP contribution in [0.5, 0.6) is 0 Å². The summed E-state index contributed by atoms with van der Waals surface area (Å²) < 4.78 is 0. The molecule has 1 unspecified atom stereocenters. The van der Waals surface area contributed by atoms with E-state index in [1.54, 1.807) is 11.3 Å². The number of halogens is 1. The lowest BCUT2D eigenvalue weighted by Gasteiger charge is -2.14. The molecule has 0 aromatic carbocycles. The van der Waals surface area contributed by atoms with Crippen molar-refractivity contribution in [2.24, 2.45) is 0 Å². The van der Waals surface area contributed by atoms with Crippen molar-refractivity contribution >= 4 is 22.9 Å². The molecule has 1 nitrogen and oxygen atoms in total. The highest BCUT2D eigenvalue weighted by Crippen LogP contribution is 2.07. The summed E-state index contributed by atoms with van der Waals surface area (Å²) in [5, 5.41) is 7.79. The second-order valence-electron chi connectivity index (χ2n) is 3.10. The Kier molecular flexibility index (Phi) is 5.44. The van der Waals surface area contributed by atoms with Gasteiger partial charge in [-0.05, 0) is 35.2 Å². The lowest BCUT2D eigenvalue weighted by molar-refractivity contribution is 0.486. The van der Waals surface area contributed by atoms with Crippen molar-refractivity contribution in [1.82, 2.24) is 5.32 Å². The Morgan fingerprint density at radius 3 is 3.00 bits per heavy atom. The van der Waals surface area contributed by atoms with Crippen molar-refractivity contribution in [3.05, 3.63) is 22.4 Å². The summed E-state index contributed by atoms with van der Waals surface area (Å²) in [5.41, 5.74) is 1.37. The van der Waals surface area contributed by atoms with Crippen LogP contribution >= 0.6 is 22.9 Å². The molecule has 3 heteroatoms. The van der Waals surface area contributed by atoms with Crippen molar-refractivity contribution in [1.29, 1.82) is 0 Å². The maximum atomic E-state index is 5.70. The van der Waals surface area contributed by atoms with Crippen LogP contribution in [0, 0.1) is 0 Å². The Morgan fingerprint density at radius 1 is 1.62 bits per heavy atom. The third kappa shape index (κ3) is 4.12. The third-order valence-electron chi connectivity index (χ3n) is 2.13. The molecule has 13 heavy (non-hydrogen) atoms. The fourth-order valence-electron chi connectivity index (χ4n) is 1.24. The molecule has 1 rings (SSSR count). The summed E-state index contributed by atoms with van der Waals surface area (Å²) in [6, 6.07) is 2.72. The first-order chi connectivity index (χ1) is 6.36. The summed E-state index contributed by atoms with van der Waals surface area (Å²) in [7, 11) is 0. The molecule has 1 atom stereocenters. The topological polar surface area (TPSA) is 12.0 Å². The molecule has 1 aromatic rings. The zero-order chi connectivity index (χ0) is 9.52. The Hall–Kier alpha value is -0.0500. The number of nitrogens with one attached hydrogen (secondary N) is 1. The van der Waals surface area contributed by atoms with E-state index in [-0.39, 0.29) is 0 Å². The van der Waals surface area contributed by atoms with Crippen LogP contribution in [0.4, 0.5) is 0 Å². The molecule has 0 bridgehead atoms. The van der Waals surface area contributed by atoms with Gasteiger partial charge in [0.2, 0.25) is 0 Å². The first kappa shape index (κ1) is 11.0. The molecule has 0 aliphatic heterocycles. The first-order valence-electron chi connectivity index (χ1n) is 4.67. The fraction of sp³-hybridized carbons (Fsp3) is 0.600. The van der Waals surface area contributed by atoms with E-state index in [4.69, 9.17) is 11.6 Å². The molecule has 0 saturated carbocycles. The Morgan fingerprint density at radius 2 is 2.46 bits per heavy atom. The molecule has 0 aliphatic rings. The maximum absolute atomic E-state index is 5.70. The van der Waals surface area contributed by atoms with E-state index in [0.29, 0.717) is 6.04 Å². The van der Waals surface area contributed by atoms with E-state index in [1.807, 2.05) is 0 Å². The van der Waals surface area contributed by atoms with Crippen LogP contribution in [-0.4, -0.2) is 11.9 Å². The summed E-state index contributed by atoms with van der Waals surface area (Å²) in [5.74, 6) is 0.745. The van der Waals surface area contributed by atoms with Gasteiger partial charge in [-0.2, -0.15) is 11.3 Å². The lowest BCUT2D eigenvalue weighted by atomic mass is 10.1. The molecule has 0 fully saturated rings. The molecule has 0 aliphatic carbocycles. The third-order valence-corrected chi connectivity index (χ3v) is 3.08. The van der Waals surface area contributed by atoms with E-state index in [9.17, 15) is 0 Å². The van der Waals surface area contributed by atoms with Crippen LogP contribution in [0.15, 0.2) is 16.8 Å². The quantitative estimate of drug-likeness (QED) is 0.722. The van der Waals surface area contributed by atoms with Gasteiger partial charge in [-0.1, -0.05) is 6.92 Å². The van der Waals surface area contributed by atoms with E-state index in [0.717, 1.165) is 25.3 Å². The van der Waals surface area contributed by atoms with Crippen LogP contribution in [0.25, 0.3) is 0 Å². The Balaban J connectivity index is 2.23. The molecule has 74 valence electrons. The zero-order valence-corrected chi connectivity index (χ0v) is 9.50. The summed E-state index contributed by atoms with van der Waals surface area (Å²) in [6.45, 7) is 3.16. The van der Waals surface area contributed by atoms with Gasteiger partial charge in [0, 0.05) is 18.5 Å². The summed E-state index contributed by atoms with van der Waals surface area (Å²) >= 11 is 7.44. The number of hydrogen-bond donors (Lipinski definition) is 1. The molecule has 0 amide bonds. The average Bonchev–Trinajstić information content (AvgIpc) is 2.64. The maximum Gasteiger partial charge on any atom is 0.0238 e. The van der Waals surface area contributed by atoms with Gasteiger partial charge in [-0.3, -0.25) is 0 Å². The van der Waals surface area contributed by atoms with Crippen LogP contribution in [0.1, 0.15) is 25.3 Å². The van der Waals surface area contributed by atoms with Crippen molar-refractivity contribution < 1.29 is 0 Å². The van der Waals surface area contributed by atoms with E-state index >= 15 is 0 Å². The SMILES string of the molecule is CCC(CCCl)NCc1ccsc1. The van der Waals surface area contributed by atoms with E-state index in [1.165, 1.54) is 5.56 Å². The van der Waals surface area contributed by atoms with Crippen molar-refractivity contribution in [2.75, 3.05) is 5.88 Å². The average molecular weight is 218 g/mol. The highest BCUT2D eigenvalue weighted by atomic mass is 35.5. The number of alkyl halides is 1. The minimum absolute atomic E-state index is 0.567. The number of hydrogen-bond acceptors (Lipinski definition) is 2. The van der Waals surface area contributed by atoms with Crippen molar-refractivity contribution in [3.63, 3.8) is 0 Å². The zero-order valence-electron chi connectivity index (χ0n) is 7.92. The highest BCUT2D eigenvalue weighted by Gasteiger charge is 2.03. The minimum atomic E-state index is 0.567. The van der Waals surface area contributed by atoms with Crippen LogP contribution < -0.4 is 5.32 Å². The van der Waals surface area contributed by atoms with Gasteiger partial charge in [0.15, 0.2) is 0 Å². The Labute approximate surface area is 89.1 Å². The number of rotatable bonds is 6. The smallest absolute Gasteiger partial charge is 0.0238 e. The molecule has 1 heterocycles. The molecule has 0 spiro atoms. The minimum Gasteiger partial charge on any atom is -0.310 e. The standard InChI is InChI=1S/C10H16ClNS/c1-2-10(3-5-11)12-7-9-4-6-13-8-9/h4,6,8,10,12H,2-3,5,7H2,1H3. The fourth-order valence-corrected chi connectivity index (χ4v) is 2.17. The number of thiophene rings is 1. The predicted molar refractivity (Wildman–Crippen MR) is 60.6 cm³/mol. The van der Waals surface area contributed by atoms with Gasteiger partial charge < -0.3 is 5.32 Å². The first-order valence-corrected chi connectivity index (χ1v) is 6.15. The molecular formula is C10H16ClNS. The second-order valence-corrected chi connectivity index (χ2v) is 4.25. The largest absolute Gasteiger partial charge is 0.310 e. The van der Waals surface area contributed by atoms with Gasteiger partial charge in [0.05, 0.1) is 0 Å². The van der Waals surface area contributed by atoms with E-state index < -0.39 is 0 Å². The molecular weight excluding hydrogens is 202 g/mol. The molecule has 1 N–H and O–H groups in total. The van der Waals surface area contributed by atoms with Gasteiger partial charge in [-0.25, -0.2) is 0 Å². The van der Waals surface area contributed by atoms with E-state index in [2.05, 4.69) is 29.1 Å². The Bertz CT molecular complexity index is 211. The van der Waals surface area contributed by atoms with Gasteiger partial charge in [0.25, 0.3) is 0 Å². The summed E-state index contributed by atoms with van der Waals surface area (Å²) in [6.07, 6.45) is 2.21. The van der Waals surface area contributed by atoms with Crippen LogP contribution in [0.2, 0.25) is 0 Å². The second kappa shape index (κ2) is 6.41.